The van der Waals surface area contributed by atoms with Crippen molar-refractivity contribution in [3.63, 3.8) is 0 Å². The molecule has 124 valence electrons. The molecule has 1 unspecified atom stereocenters. The molecule has 0 radical (unpaired) electrons. The summed E-state index contributed by atoms with van der Waals surface area (Å²) in [6, 6.07) is 0. The third-order valence-corrected chi connectivity index (χ3v) is 3.55. The van der Waals surface area contributed by atoms with Crippen LogP contribution >= 0.6 is 0 Å². The lowest BCUT2D eigenvalue weighted by Gasteiger charge is -2.42. The number of hydrogen-bond acceptors (Lipinski definition) is 2. The van der Waals surface area contributed by atoms with E-state index in [1.807, 2.05) is 41.5 Å². The van der Waals surface area contributed by atoms with Gasteiger partial charge in [0.05, 0.1) is 6.54 Å². The summed E-state index contributed by atoms with van der Waals surface area (Å²) < 4.78 is 33.5. The third-order valence-electron chi connectivity index (χ3n) is 3.55. The van der Waals surface area contributed by atoms with Crippen molar-refractivity contribution in [1.29, 1.82) is 0 Å². The van der Waals surface area contributed by atoms with Crippen LogP contribution in [0.25, 0.3) is 0 Å². The van der Waals surface area contributed by atoms with Crippen LogP contribution in [0.15, 0.2) is 11.5 Å². The number of allylic oxidation sites excluding steroid dienone is 1. The van der Waals surface area contributed by atoms with Crippen LogP contribution in [0.1, 0.15) is 67.2 Å². The summed E-state index contributed by atoms with van der Waals surface area (Å²) in [7, 11) is 0. The number of likely N-dealkylation sites (tertiary alicyclic amines) is 1. The topological polar surface area (TPSA) is 12.5 Å². The summed E-state index contributed by atoms with van der Waals surface area (Å²) in [5, 5.41) is 0. The molecule has 2 aliphatic rings. The van der Waals surface area contributed by atoms with Crippen molar-refractivity contribution in [1.82, 2.24) is 4.90 Å². The summed E-state index contributed by atoms with van der Waals surface area (Å²) in [5.74, 6) is -1.87. The molecule has 1 atom stereocenters. The van der Waals surface area contributed by atoms with Gasteiger partial charge in [0.2, 0.25) is 0 Å². The van der Waals surface area contributed by atoms with Gasteiger partial charge in [-0.25, -0.2) is 8.78 Å². The monoisotopic (exact) mass is 303 g/mol. The second kappa shape index (κ2) is 6.97. The Morgan fingerprint density at radius 3 is 2.19 bits per heavy atom. The molecule has 1 aliphatic carbocycles. The number of halogens is 2. The van der Waals surface area contributed by atoms with Crippen molar-refractivity contribution in [3.05, 3.63) is 11.5 Å². The van der Waals surface area contributed by atoms with Crippen molar-refractivity contribution >= 4 is 0 Å². The lowest BCUT2D eigenvalue weighted by Crippen LogP contribution is -2.47. The van der Waals surface area contributed by atoms with Crippen LogP contribution in [-0.2, 0) is 4.74 Å². The number of ether oxygens (including phenoxy) is 1. The van der Waals surface area contributed by atoms with E-state index in [9.17, 15) is 8.78 Å². The highest BCUT2D eigenvalue weighted by Crippen LogP contribution is 2.38. The molecule has 0 N–H and O–H groups in total. The second-order valence-corrected chi connectivity index (χ2v) is 7.02. The maximum Gasteiger partial charge on any atom is 0.265 e. The first-order valence-corrected chi connectivity index (χ1v) is 8.20. The normalized spacial score (nSPS) is 24.7. The minimum Gasteiger partial charge on any atom is -0.473 e. The molecular formula is C17H31F2NO. The van der Waals surface area contributed by atoms with E-state index in [1.54, 1.807) is 4.90 Å². The van der Waals surface area contributed by atoms with E-state index >= 15 is 0 Å². The molecule has 0 bridgehead atoms. The van der Waals surface area contributed by atoms with Crippen molar-refractivity contribution in [2.45, 2.75) is 78.7 Å². The van der Waals surface area contributed by atoms with Gasteiger partial charge in [-0.2, -0.15) is 0 Å². The molecule has 0 amide bonds. The summed E-state index contributed by atoms with van der Waals surface area (Å²) in [4.78, 5) is 1.77. The Morgan fingerprint density at radius 2 is 1.81 bits per heavy atom. The average Bonchev–Trinajstić information content (AvgIpc) is 2.24. The molecule has 1 aliphatic heterocycles. The first kappa shape index (κ1) is 18.2. The quantitative estimate of drug-likeness (QED) is 0.650. The summed E-state index contributed by atoms with van der Waals surface area (Å²) in [5.41, 5.74) is 0.869. The number of nitrogens with zero attached hydrogens (tertiary/aromatic N) is 1. The maximum atomic E-state index is 13.8. The summed E-state index contributed by atoms with van der Waals surface area (Å²) >= 11 is 0. The largest absolute Gasteiger partial charge is 0.473 e. The molecule has 1 saturated heterocycles. The highest BCUT2D eigenvalue weighted by molar-refractivity contribution is 5.16. The van der Waals surface area contributed by atoms with Gasteiger partial charge in [-0.05, 0) is 51.5 Å². The van der Waals surface area contributed by atoms with Gasteiger partial charge in [0.25, 0.3) is 5.92 Å². The first-order chi connectivity index (χ1) is 9.66. The van der Waals surface area contributed by atoms with Crippen LogP contribution in [0.3, 0.4) is 0 Å². The molecule has 2 rings (SSSR count). The zero-order valence-electron chi connectivity index (χ0n) is 14.4. The molecule has 21 heavy (non-hydrogen) atoms. The van der Waals surface area contributed by atoms with Crippen LogP contribution in [0.4, 0.5) is 8.78 Å². The highest BCUT2D eigenvalue weighted by Gasteiger charge is 2.41. The summed E-state index contributed by atoms with van der Waals surface area (Å²) in [6.45, 7) is 12.3. The average molecular weight is 303 g/mol. The van der Waals surface area contributed by atoms with Crippen LogP contribution in [-0.4, -0.2) is 29.5 Å². The fraction of sp³-hybridized carbons (Fsp3) is 0.882. The molecule has 0 spiro atoms. The minimum absolute atomic E-state index is 0.00277. The summed E-state index contributed by atoms with van der Waals surface area (Å²) in [6.07, 6.45) is 3.11. The van der Waals surface area contributed by atoms with Gasteiger partial charge in [0, 0.05) is 13.0 Å². The Morgan fingerprint density at radius 1 is 1.24 bits per heavy atom. The van der Waals surface area contributed by atoms with Crippen LogP contribution < -0.4 is 0 Å². The van der Waals surface area contributed by atoms with Crippen molar-refractivity contribution in [2.75, 3.05) is 13.1 Å². The fourth-order valence-electron chi connectivity index (χ4n) is 2.73. The molecule has 0 aromatic carbocycles. The molecule has 0 aromatic heterocycles. The maximum absolute atomic E-state index is 13.8. The smallest absolute Gasteiger partial charge is 0.265 e. The predicted molar refractivity (Wildman–Crippen MR) is 83.4 cm³/mol. The fourth-order valence-corrected chi connectivity index (χ4v) is 2.73. The number of rotatable bonds is 2. The van der Waals surface area contributed by atoms with Gasteiger partial charge in [-0.1, -0.05) is 20.8 Å². The Labute approximate surface area is 128 Å². The van der Waals surface area contributed by atoms with Crippen LogP contribution in [0.5, 0.6) is 0 Å². The molecular weight excluding hydrogens is 272 g/mol. The lowest BCUT2D eigenvalue weighted by molar-refractivity contribution is -0.101. The lowest BCUT2D eigenvalue weighted by atomic mass is 9.91. The molecule has 4 heteroatoms. The van der Waals surface area contributed by atoms with Gasteiger partial charge in [0.1, 0.15) is 5.60 Å². The molecule has 2 fully saturated rings. The molecule has 1 saturated carbocycles. The molecule has 0 aromatic rings. The SMILES string of the molecule is CC.CC1CN(C(OC(C)(C)C)=C2CCC2)CC(F)(F)C1. The zero-order valence-corrected chi connectivity index (χ0v) is 14.4. The van der Waals surface area contributed by atoms with Crippen molar-refractivity contribution in [3.8, 4) is 0 Å². The van der Waals surface area contributed by atoms with Gasteiger partial charge in [-0.15, -0.1) is 0 Å². The number of piperidine rings is 1. The predicted octanol–water partition coefficient (Wildman–Crippen LogP) is 5.20. The van der Waals surface area contributed by atoms with Crippen LogP contribution in [0.2, 0.25) is 0 Å². The van der Waals surface area contributed by atoms with E-state index < -0.39 is 5.92 Å². The number of alkyl halides is 2. The van der Waals surface area contributed by atoms with E-state index in [4.69, 9.17) is 4.74 Å². The third kappa shape index (κ3) is 5.48. The van der Waals surface area contributed by atoms with Crippen molar-refractivity contribution in [2.24, 2.45) is 5.92 Å². The Kier molecular flexibility index (Phi) is 6.06. The van der Waals surface area contributed by atoms with Crippen molar-refractivity contribution < 1.29 is 13.5 Å². The first-order valence-electron chi connectivity index (χ1n) is 8.20. The minimum atomic E-state index is -2.60. The van der Waals surface area contributed by atoms with E-state index in [0.29, 0.717) is 6.54 Å². The van der Waals surface area contributed by atoms with E-state index in [2.05, 4.69) is 0 Å². The van der Waals surface area contributed by atoms with Gasteiger partial charge >= 0.3 is 0 Å². The molecule has 2 nitrogen and oxygen atoms in total. The Hall–Kier alpha value is -0.800. The number of hydrogen-bond donors (Lipinski definition) is 0. The van der Waals surface area contributed by atoms with E-state index in [-0.39, 0.29) is 24.5 Å². The van der Waals surface area contributed by atoms with E-state index in [1.165, 1.54) is 5.57 Å². The highest BCUT2D eigenvalue weighted by atomic mass is 19.3. The van der Waals surface area contributed by atoms with E-state index in [0.717, 1.165) is 25.1 Å². The van der Waals surface area contributed by atoms with Crippen LogP contribution in [0, 0.1) is 5.92 Å². The van der Waals surface area contributed by atoms with Gasteiger partial charge < -0.3 is 9.64 Å². The Bertz CT molecular complexity index is 365. The van der Waals surface area contributed by atoms with Gasteiger partial charge in [-0.3, -0.25) is 0 Å². The second-order valence-electron chi connectivity index (χ2n) is 7.02. The standard InChI is InChI=1S/C15H25F2NO.C2H6/c1-11-8-15(16,17)10-18(9-11)13(12-6-5-7-12)19-14(2,3)4;1-2/h11H,5-10H2,1-4H3;1-2H3. The van der Waals surface area contributed by atoms with Gasteiger partial charge in [0.15, 0.2) is 5.88 Å². The molecule has 1 heterocycles. The zero-order chi connectivity index (χ0) is 16.3. The Balaban J connectivity index is 0.00000106.